The molecule has 0 unspecified atom stereocenters. The molecule has 0 spiro atoms. The van der Waals surface area contributed by atoms with Gasteiger partial charge in [0.15, 0.2) is 0 Å². The molecule has 0 saturated carbocycles. The molecule has 0 aliphatic heterocycles. The molecule has 0 amide bonds. The second-order valence-electron chi connectivity index (χ2n) is 3.94. The van der Waals surface area contributed by atoms with Gasteiger partial charge >= 0.3 is 5.97 Å². The molecular weight excluding hydrogens is 310 g/mol. The fourth-order valence-electron chi connectivity index (χ4n) is 1.98. The van der Waals surface area contributed by atoms with Crippen molar-refractivity contribution < 1.29 is 14.3 Å². The Kier molecular flexibility index (Phi) is 3.85. The normalized spacial score (nSPS) is 10.4. The predicted octanol–water partition coefficient (Wildman–Crippen LogP) is 2.95. The summed E-state index contributed by atoms with van der Waals surface area (Å²) in [5.41, 5.74) is 1.19. The molecule has 0 N–H and O–H groups in total. The lowest BCUT2D eigenvalue weighted by Crippen LogP contribution is -2.15. The number of aromatic nitrogens is 1. The topological polar surface area (TPSA) is 48.3 Å². The van der Waals surface area contributed by atoms with Crippen LogP contribution >= 0.6 is 15.9 Å². The number of ether oxygens (including phenoxy) is 1. The molecule has 0 aliphatic carbocycles. The molecular formula is C14H12BrNO3. The molecule has 0 saturated heterocycles. The highest BCUT2D eigenvalue weighted by atomic mass is 79.9. The van der Waals surface area contributed by atoms with Crippen LogP contribution in [0.1, 0.15) is 10.4 Å². The predicted molar refractivity (Wildman–Crippen MR) is 76.2 cm³/mol. The van der Waals surface area contributed by atoms with E-state index in [0.717, 1.165) is 9.99 Å². The Balaban J connectivity index is 2.69. The van der Waals surface area contributed by atoms with Crippen molar-refractivity contribution in [2.24, 2.45) is 0 Å². The summed E-state index contributed by atoms with van der Waals surface area (Å²) in [6.07, 6.45) is 3.38. The maximum atomic E-state index is 12.0. The van der Waals surface area contributed by atoms with E-state index in [2.05, 4.69) is 27.2 Å². The number of halogens is 1. The van der Waals surface area contributed by atoms with E-state index in [1.165, 1.54) is 7.11 Å². The molecule has 98 valence electrons. The molecule has 0 atom stereocenters. The minimum absolute atomic E-state index is 0.338. The third-order valence-corrected chi connectivity index (χ3v) is 3.43. The zero-order valence-corrected chi connectivity index (χ0v) is 11.9. The fourth-order valence-corrected chi connectivity index (χ4v) is 2.58. The van der Waals surface area contributed by atoms with Gasteiger partial charge in [-0.25, -0.2) is 4.79 Å². The lowest BCUT2D eigenvalue weighted by molar-refractivity contribution is -0.135. The number of esters is 1. The summed E-state index contributed by atoms with van der Waals surface area (Å²) in [7, 11) is 1.19. The molecule has 0 fully saturated rings. The van der Waals surface area contributed by atoms with Gasteiger partial charge in [0.1, 0.15) is 0 Å². The summed E-state index contributed by atoms with van der Waals surface area (Å²) in [5, 5.41) is 0.714. The lowest BCUT2D eigenvalue weighted by Gasteiger charge is -2.02. The first kappa shape index (κ1) is 13.5. The molecule has 4 nitrogen and oxygen atoms in total. The van der Waals surface area contributed by atoms with Crippen LogP contribution in [0.5, 0.6) is 0 Å². The number of hydrogen-bond donors (Lipinski definition) is 0. The summed E-state index contributed by atoms with van der Waals surface area (Å²) < 4.78 is 7.21. The third-order valence-electron chi connectivity index (χ3n) is 2.79. The highest BCUT2D eigenvalue weighted by Gasteiger charge is 2.22. The second-order valence-corrected chi connectivity index (χ2v) is 4.79. The summed E-state index contributed by atoms with van der Waals surface area (Å²) in [6.45, 7) is 4.23. The first-order valence-corrected chi connectivity index (χ1v) is 6.40. The second kappa shape index (κ2) is 5.40. The molecule has 1 aromatic heterocycles. The van der Waals surface area contributed by atoms with Gasteiger partial charge in [-0.05, 0) is 22.0 Å². The minimum Gasteiger partial charge on any atom is -0.463 e. The molecule has 0 radical (unpaired) electrons. The van der Waals surface area contributed by atoms with Gasteiger partial charge in [0.2, 0.25) is 0 Å². The number of fused-ring (bicyclic) bond motifs is 1. The summed E-state index contributed by atoms with van der Waals surface area (Å²) in [5.74, 6) is -1.51. The number of para-hydroxylation sites is 1. The van der Waals surface area contributed by atoms with Crippen molar-refractivity contribution in [2.45, 2.75) is 6.54 Å². The van der Waals surface area contributed by atoms with Gasteiger partial charge in [-0.2, -0.15) is 0 Å². The zero-order valence-electron chi connectivity index (χ0n) is 10.4. The highest BCUT2D eigenvalue weighted by Crippen LogP contribution is 2.29. The number of allylic oxidation sites excluding steroid dienone is 1. The van der Waals surface area contributed by atoms with E-state index in [4.69, 9.17) is 0 Å². The monoisotopic (exact) mass is 321 g/mol. The van der Waals surface area contributed by atoms with Crippen LogP contribution < -0.4 is 0 Å². The maximum absolute atomic E-state index is 12.0. The quantitative estimate of drug-likeness (QED) is 0.376. The van der Waals surface area contributed by atoms with Crippen LogP contribution in [0.3, 0.4) is 0 Å². The van der Waals surface area contributed by atoms with Crippen molar-refractivity contribution in [1.29, 1.82) is 0 Å². The molecule has 0 bridgehead atoms. The van der Waals surface area contributed by atoms with E-state index in [1.807, 2.05) is 16.7 Å². The Morgan fingerprint density at radius 1 is 1.47 bits per heavy atom. The molecule has 2 rings (SSSR count). The van der Waals surface area contributed by atoms with Gasteiger partial charge in [-0.15, -0.1) is 6.58 Å². The smallest absolute Gasteiger partial charge is 0.379 e. The van der Waals surface area contributed by atoms with Crippen molar-refractivity contribution in [3.63, 3.8) is 0 Å². The number of hydrogen-bond acceptors (Lipinski definition) is 3. The number of carbonyl (C=O) groups excluding carboxylic acids is 2. The number of carbonyl (C=O) groups is 2. The third kappa shape index (κ3) is 2.33. The van der Waals surface area contributed by atoms with Crippen molar-refractivity contribution in [2.75, 3.05) is 7.11 Å². The average molecular weight is 322 g/mol. The van der Waals surface area contributed by atoms with Crippen LogP contribution in [-0.2, 0) is 16.1 Å². The highest BCUT2D eigenvalue weighted by molar-refractivity contribution is 9.10. The van der Waals surface area contributed by atoms with E-state index < -0.39 is 11.8 Å². The van der Waals surface area contributed by atoms with E-state index in [-0.39, 0.29) is 0 Å². The number of ketones is 1. The molecule has 5 heteroatoms. The Bertz CT molecular complexity index is 673. The lowest BCUT2D eigenvalue weighted by atomic mass is 10.1. The molecule has 1 heterocycles. The minimum atomic E-state index is -0.863. The zero-order chi connectivity index (χ0) is 14.0. The van der Waals surface area contributed by atoms with Gasteiger partial charge in [-0.1, -0.05) is 18.2 Å². The Labute approximate surface area is 118 Å². The van der Waals surface area contributed by atoms with Crippen LogP contribution in [0.15, 0.2) is 41.5 Å². The number of rotatable bonds is 4. The van der Waals surface area contributed by atoms with Crippen LogP contribution in [-0.4, -0.2) is 23.4 Å². The Morgan fingerprint density at radius 3 is 2.84 bits per heavy atom. The van der Waals surface area contributed by atoms with E-state index in [9.17, 15) is 9.59 Å². The molecule has 1 aromatic carbocycles. The largest absolute Gasteiger partial charge is 0.463 e. The number of benzene rings is 1. The standard InChI is InChI=1S/C14H12BrNO3/c1-3-7-16-8-10(13(17)14(18)19-2)9-5-4-6-11(15)12(9)16/h3-6,8H,1,7H2,2H3. The van der Waals surface area contributed by atoms with E-state index >= 15 is 0 Å². The first-order chi connectivity index (χ1) is 9.10. The van der Waals surface area contributed by atoms with Crippen molar-refractivity contribution in [3.8, 4) is 0 Å². The average Bonchev–Trinajstić information content (AvgIpc) is 2.78. The maximum Gasteiger partial charge on any atom is 0.379 e. The summed E-state index contributed by atoms with van der Waals surface area (Å²) in [6, 6.07) is 5.50. The summed E-state index contributed by atoms with van der Waals surface area (Å²) in [4.78, 5) is 23.4. The first-order valence-electron chi connectivity index (χ1n) is 5.61. The van der Waals surface area contributed by atoms with E-state index in [1.54, 1.807) is 18.3 Å². The van der Waals surface area contributed by atoms with E-state index in [0.29, 0.717) is 17.5 Å². The molecule has 2 aromatic rings. The van der Waals surface area contributed by atoms with Crippen molar-refractivity contribution >= 4 is 38.6 Å². The van der Waals surface area contributed by atoms with Gasteiger partial charge in [0.25, 0.3) is 5.78 Å². The van der Waals surface area contributed by atoms with Gasteiger partial charge in [-0.3, -0.25) is 4.79 Å². The number of Topliss-reactive ketones (excluding diaryl/α,β-unsaturated/α-hetero) is 1. The molecule has 19 heavy (non-hydrogen) atoms. The number of nitrogens with zero attached hydrogens (tertiary/aromatic N) is 1. The SMILES string of the molecule is C=CCn1cc(C(=O)C(=O)OC)c2cccc(Br)c21. The van der Waals surface area contributed by atoms with Crippen molar-refractivity contribution in [1.82, 2.24) is 4.57 Å². The van der Waals surface area contributed by atoms with Crippen LogP contribution in [0.4, 0.5) is 0 Å². The van der Waals surface area contributed by atoms with Gasteiger partial charge in [0.05, 0.1) is 18.2 Å². The summed E-state index contributed by atoms with van der Waals surface area (Å²) >= 11 is 3.45. The Hall–Kier alpha value is -1.88. The van der Waals surface area contributed by atoms with Crippen LogP contribution in [0.25, 0.3) is 10.9 Å². The Morgan fingerprint density at radius 2 is 2.21 bits per heavy atom. The van der Waals surface area contributed by atoms with Crippen LogP contribution in [0, 0.1) is 0 Å². The fraction of sp³-hybridized carbons (Fsp3) is 0.143. The molecule has 0 aliphatic rings. The number of methoxy groups -OCH3 is 1. The van der Waals surface area contributed by atoms with Gasteiger partial charge < -0.3 is 9.30 Å². The van der Waals surface area contributed by atoms with Crippen LogP contribution in [0.2, 0.25) is 0 Å². The van der Waals surface area contributed by atoms with Gasteiger partial charge in [0, 0.05) is 22.6 Å². The van der Waals surface area contributed by atoms with Crippen molar-refractivity contribution in [3.05, 3.63) is 47.1 Å².